The summed E-state index contributed by atoms with van der Waals surface area (Å²) in [6, 6.07) is 3.02. The fourth-order valence-corrected chi connectivity index (χ4v) is 4.73. The van der Waals surface area contributed by atoms with Gasteiger partial charge < -0.3 is 10.1 Å². The summed E-state index contributed by atoms with van der Waals surface area (Å²) < 4.78 is 17.3. The van der Waals surface area contributed by atoms with Crippen molar-refractivity contribution in [2.45, 2.75) is 76.4 Å². The third-order valence-corrected chi connectivity index (χ3v) is 6.17. The van der Waals surface area contributed by atoms with Crippen molar-refractivity contribution in [2.75, 3.05) is 5.32 Å². The molecule has 2 aromatic rings. The van der Waals surface area contributed by atoms with Crippen molar-refractivity contribution in [1.82, 2.24) is 9.13 Å². The minimum absolute atomic E-state index is 0.0264. The molecule has 0 bridgehead atoms. The Morgan fingerprint density at radius 1 is 1.04 bits per heavy atom. The topological polar surface area (TPSA) is 73.1 Å². The number of halogens is 1. The molecule has 2 aliphatic rings. The molecule has 0 atom stereocenters. The van der Waals surface area contributed by atoms with Crippen LogP contribution >= 0.6 is 0 Å². The highest BCUT2D eigenvalue weighted by molar-refractivity contribution is 5.82. The van der Waals surface area contributed by atoms with Gasteiger partial charge in [0, 0.05) is 12.1 Å². The number of benzene rings is 1. The SMILES string of the molecule is O=CCn1c(=O)c2cc(F)c(NC3CCCCC3)cc2n(C2CCCC2)c1=O. The number of carbonyl (C=O) groups excluding carboxylic acids is 1. The second-order valence-corrected chi connectivity index (χ2v) is 8.00. The number of rotatable bonds is 5. The largest absolute Gasteiger partial charge is 0.380 e. The number of hydrogen-bond acceptors (Lipinski definition) is 4. The number of fused-ring (bicyclic) bond motifs is 1. The predicted molar refractivity (Wildman–Crippen MR) is 106 cm³/mol. The summed E-state index contributed by atoms with van der Waals surface area (Å²) in [6.45, 7) is -0.315. The van der Waals surface area contributed by atoms with Crippen LogP contribution in [-0.2, 0) is 11.3 Å². The Kier molecular flexibility index (Phi) is 5.33. The summed E-state index contributed by atoms with van der Waals surface area (Å²) in [6.07, 6.45) is 9.68. The van der Waals surface area contributed by atoms with Crippen LogP contribution in [0.4, 0.5) is 10.1 Å². The van der Waals surface area contributed by atoms with Crippen LogP contribution in [0.15, 0.2) is 21.7 Å². The van der Waals surface area contributed by atoms with E-state index < -0.39 is 17.1 Å². The molecule has 1 heterocycles. The van der Waals surface area contributed by atoms with Crippen LogP contribution in [-0.4, -0.2) is 21.5 Å². The molecular weight excluding hydrogens is 361 g/mol. The van der Waals surface area contributed by atoms with E-state index in [1.165, 1.54) is 12.5 Å². The Hall–Kier alpha value is -2.44. The van der Waals surface area contributed by atoms with Gasteiger partial charge in [-0.3, -0.25) is 13.9 Å². The normalized spacial score (nSPS) is 18.6. The molecule has 1 N–H and O–H groups in total. The highest BCUT2D eigenvalue weighted by atomic mass is 19.1. The monoisotopic (exact) mass is 387 g/mol. The molecular formula is C21H26FN3O3. The quantitative estimate of drug-likeness (QED) is 0.799. The Bertz CT molecular complexity index is 999. The molecule has 0 spiro atoms. The molecule has 6 nitrogen and oxygen atoms in total. The van der Waals surface area contributed by atoms with Gasteiger partial charge in [0.05, 0.1) is 23.1 Å². The van der Waals surface area contributed by atoms with E-state index >= 15 is 0 Å². The minimum atomic E-state index is -0.607. The number of hydrogen-bond donors (Lipinski definition) is 1. The standard InChI is InChI=1S/C21H26FN3O3/c22-17-12-16-19(13-18(17)23-14-6-2-1-3-7-14)25(15-8-4-5-9-15)21(28)24(10-11-26)20(16)27/h11-15,23H,1-10H2. The van der Waals surface area contributed by atoms with E-state index in [4.69, 9.17) is 0 Å². The number of carbonyl (C=O) groups is 1. The molecule has 0 saturated heterocycles. The molecule has 0 amide bonds. The number of aromatic nitrogens is 2. The summed E-state index contributed by atoms with van der Waals surface area (Å²) >= 11 is 0. The zero-order valence-corrected chi connectivity index (χ0v) is 16.0. The number of anilines is 1. The van der Waals surface area contributed by atoms with Crippen LogP contribution in [0, 0.1) is 5.82 Å². The van der Waals surface area contributed by atoms with Gasteiger partial charge in [0.15, 0.2) is 0 Å². The van der Waals surface area contributed by atoms with E-state index in [-0.39, 0.29) is 24.0 Å². The van der Waals surface area contributed by atoms with E-state index in [0.717, 1.165) is 55.9 Å². The smallest absolute Gasteiger partial charge is 0.332 e. The lowest BCUT2D eigenvalue weighted by molar-refractivity contribution is -0.108. The summed E-state index contributed by atoms with van der Waals surface area (Å²) in [5.41, 5.74) is -0.280. The molecule has 0 aliphatic heterocycles. The van der Waals surface area contributed by atoms with Gasteiger partial charge in [0.25, 0.3) is 5.56 Å². The van der Waals surface area contributed by atoms with E-state index in [1.807, 2.05) is 0 Å². The minimum Gasteiger partial charge on any atom is -0.380 e. The molecule has 28 heavy (non-hydrogen) atoms. The average molecular weight is 387 g/mol. The van der Waals surface area contributed by atoms with Gasteiger partial charge in [-0.05, 0) is 37.8 Å². The molecule has 2 saturated carbocycles. The van der Waals surface area contributed by atoms with Gasteiger partial charge >= 0.3 is 5.69 Å². The fourth-order valence-electron chi connectivity index (χ4n) is 4.73. The molecule has 1 aromatic heterocycles. The van der Waals surface area contributed by atoms with E-state index in [1.54, 1.807) is 10.6 Å². The highest BCUT2D eigenvalue weighted by Gasteiger charge is 2.24. The first kappa shape index (κ1) is 18.9. The van der Waals surface area contributed by atoms with Gasteiger partial charge in [-0.25, -0.2) is 9.18 Å². The lowest BCUT2D eigenvalue weighted by Gasteiger charge is -2.25. The molecule has 7 heteroatoms. The first-order chi connectivity index (χ1) is 13.6. The molecule has 4 rings (SSSR count). The second-order valence-electron chi connectivity index (χ2n) is 8.00. The summed E-state index contributed by atoms with van der Waals surface area (Å²) in [5, 5.41) is 3.44. The average Bonchev–Trinajstić information content (AvgIpc) is 3.22. The van der Waals surface area contributed by atoms with Crippen molar-refractivity contribution in [3.05, 3.63) is 38.8 Å². The lowest BCUT2D eigenvalue weighted by Crippen LogP contribution is -2.41. The highest BCUT2D eigenvalue weighted by Crippen LogP contribution is 2.32. The van der Waals surface area contributed by atoms with Crippen LogP contribution in [0.5, 0.6) is 0 Å². The lowest BCUT2D eigenvalue weighted by atomic mass is 9.95. The Morgan fingerprint density at radius 2 is 1.71 bits per heavy atom. The Morgan fingerprint density at radius 3 is 2.39 bits per heavy atom. The van der Waals surface area contributed by atoms with Crippen LogP contribution in [0.3, 0.4) is 0 Å². The van der Waals surface area contributed by atoms with Crippen molar-refractivity contribution in [2.24, 2.45) is 0 Å². The molecule has 2 aliphatic carbocycles. The van der Waals surface area contributed by atoms with Gasteiger partial charge in [-0.1, -0.05) is 32.1 Å². The van der Waals surface area contributed by atoms with Gasteiger partial charge in [-0.15, -0.1) is 0 Å². The number of nitrogens with zero attached hydrogens (tertiary/aromatic N) is 2. The molecule has 2 fully saturated rings. The van der Waals surface area contributed by atoms with E-state index in [9.17, 15) is 18.8 Å². The Balaban J connectivity index is 1.89. The van der Waals surface area contributed by atoms with Crippen molar-refractivity contribution in [1.29, 1.82) is 0 Å². The zero-order valence-electron chi connectivity index (χ0n) is 16.0. The third-order valence-electron chi connectivity index (χ3n) is 6.17. The maximum atomic E-state index is 14.8. The van der Waals surface area contributed by atoms with Crippen LogP contribution in [0.1, 0.15) is 63.8 Å². The van der Waals surface area contributed by atoms with Gasteiger partial charge in [-0.2, -0.15) is 0 Å². The summed E-state index contributed by atoms with van der Waals surface area (Å²) in [5.74, 6) is -0.496. The predicted octanol–water partition coefficient (Wildman–Crippen LogP) is 3.36. The number of aldehydes is 1. The maximum Gasteiger partial charge on any atom is 0.332 e. The summed E-state index contributed by atoms with van der Waals surface area (Å²) in [4.78, 5) is 36.8. The molecule has 1 aromatic carbocycles. The van der Waals surface area contributed by atoms with Crippen molar-refractivity contribution in [3.63, 3.8) is 0 Å². The first-order valence-corrected chi connectivity index (χ1v) is 10.3. The zero-order chi connectivity index (χ0) is 19.7. The van der Waals surface area contributed by atoms with Crippen LogP contribution in [0.2, 0.25) is 0 Å². The van der Waals surface area contributed by atoms with Crippen molar-refractivity contribution in [3.8, 4) is 0 Å². The molecule has 0 unspecified atom stereocenters. The molecule has 150 valence electrons. The van der Waals surface area contributed by atoms with Gasteiger partial charge in [0.1, 0.15) is 12.1 Å². The number of nitrogens with one attached hydrogen (secondary N) is 1. The van der Waals surface area contributed by atoms with Crippen LogP contribution in [0.25, 0.3) is 10.9 Å². The first-order valence-electron chi connectivity index (χ1n) is 10.3. The van der Waals surface area contributed by atoms with Gasteiger partial charge in [0.2, 0.25) is 0 Å². The van der Waals surface area contributed by atoms with Crippen molar-refractivity contribution < 1.29 is 9.18 Å². The summed E-state index contributed by atoms with van der Waals surface area (Å²) in [7, 11) is 0. The fraction of sp³-hybridized carbons (Fsp3) is 0.571. The van der Waals surface area contributed by atoms with Crippen LogP contribution < -0.4 is 16.6 Å². The second kappa shape index (κ2) is 7.89. The van der Waals surface area contributed by atoms with E-state index in [0.29, 0.717) is 17.5 Å². The third kappa shape index (κ3) is 3.38. The maximum absolute atomic E-state index is 14.8. The van der Waals surface area contributed by atoms with Crippen molar-refractivity contribution >= 4 is 22.9 Å². The molecule has 0 radical (unpaired) electrons. The van der Waals surface area contributed by atoms with E-state index in [2.05, 4.69) is 5.32 Å². The Labute approximate surface area is 162 Å².